The standard InChI is InChI=1S/C11H22N2/c1-10(2)7-12-8-11-5-4-6-13(3)9-11/h11-12H,1,4-9H2,2-3H3. The minimum atomic E-state index is 0.845. The van der Waals surface area contributed by atoms with Crippen molar-refractivity contribution in [2.75, 3.05) is 33.2 Å². The molecule has 1 unspecified atom stereocenters. The molecule has 0 aromatic carbocycles. The number of nitrogens with one attached hydrogen (secondary N) is 1. The van der Waals surface area contributed by atoms with E-state index in [1.807, 2.05) is 0 Å². The van der Waals surface area contributed by atoms with E-state index in [9.17, 15) is 0 Å². The lowest BCUT2D eigenvalue weighted by atomic mass is 9.98. The Morgan fingerprint density at radius 2 is 2.38 bits per heavy atom. The molecule has 0 bridgehead atoms. The van der Waals surface area contributed by atoms with Crippen molar-refractivity contribution in [3.8, 4) is 0 Å². The molecule has 1 saturated heterocycles. The fourth-order valence-corrected chi connectivity index (χ4v) is 1.93. The molecule has 1 atom stereocenters. The van der Waals surface area contributed by atoms with Crippen LogP contribution < -0.4 is 5.32 Å². The second-order valence-electron chi connectivity index (χ2n) is 4.36. The summed E-state index contributed by atoms with van der Waals surface area (Å²) in [5, 5.41) is 3.45. The van der Waals surface area contributed by atoms with Crippen LogP contribution in [0.15, 0.2) is 12.2 Å². The van der Waals surface area contributed by atoms with Gasteiger partial charge in [-0.1, -0.05) is 12.2 Å². The van der Waals surface area contributed by atoms with Crippen molar-refractivity contribution in [1.29, 1.82) is 0 Å². The Labute approximate surface area is 82.0 Å². The summed E-state index contributed by atoms with van der Waals surface area (Å²) in [5.41, 5.74) is 1.23. The molecule has 1 heterocycles. The summed E-state index contributed by atoms with van der Waals surface area (Å²) >= 11 is 0. The largest absolute Gasteiger partial charge is 0.313 e. The molecule has 0 amide bonds. The van der Waals surface area contributed by atoms with Crippen molar-refractivity contribution in [2.24, 2.45) is 5.92 Å². The van der Waals surface area contributed by atoms with Gasteiger partial charge in [-0.05, 0) is 45.8 Å². The van der Waals surface area contributed by atoms with Crippen LogP contribution in [0.5, 0.6) is 0 Å². The zero-order chi connectivity index (χ0) is 9.68. The predicted octanol–water partition coefficient (Wildman–Crippen LogP) is 1.49. The lowest BCUT2D eigenvalue weighted by molar-refractivity contribution is 0.207. The van der Waals surface area contributed by atoms with Crippen LogP contribution in [-0.4, -0.2) is 38.1 Å². The Morgan fingerprint density at radius 3 is 3.00 bits per heavy atom. The van der Waals surface area contributed by atoms with Crippen molar-refractivity contribution in [1.82, 2.24) is 10.2 Å². The highest BCUT2D eigenvalue weighted by atomic mass is 15.1. The minimum Gasteiger partial charge on any atom is -0.313 e. The van der Waals surface area contributed by atoms with Crippen molar-refractivity contribution < 1.29 is 0 Å². The summed E-state index contributed by atoms with van der Waals surface area (Å²) in [7, 11) is 2.21. The molecule has 1 N–H and O–H groups in total. The Morgan fingerprint density at radius 1 is 1.62 bits per heavy atom. The van der Waals surface area contributed by atoms with Crippen LogP contribution in [0, 0.1) is 5.92 Å². The number of hydrogen-bond acceptors (Lipinski definition) is 2. The molecule has 13 heavy (non-hydrogen) atoms. The van der Waals surface area contributed by atoms with Crippen molar-refractivity contribution in [3.63, 3.8) is 0 Å². The van der Waals surface area contributed by atoms with Gasteiger partial charge in [-0.15, -0.1) is 0 Å². The Hall–Kier alpha value is -0.340. The topological polar surface area (TPSA) is 15.3 Å². The summed E-state index contributed by atoms with van der Waals surface area (Å²) in [5.74, 6) is 0.845. The molecule has 0 radical (unpaired) electrons. The maximum atomic E-state index is 3.88. The van der Waals surface area contributed by atoms with E-state index in [1.165, 1.54) is 31.5 Å². The van der Waals surface area contributed by atoms with E-state index in [2.05, 4.69) is 30.8 Å². The van der Waals surface area contributed by atoms with Gasteiger partial charge in [-0.25, -0.2) is 0 Å². The number of piperidine rings is 1. The van der Waals surface area contributed by atoms with Gasteiger partial charge in [0, 0.05) is 13.1 Å². The summed E-state index contributed by atoms with van der Waals surface area (Å²) in [6.07, 6.45) is 2.74. The van der Waals surface area contributed by atoms with Crippen LogP contribution in [0.3, 0.4) is 0 Å². The highest BCUT2D eigenvalue weighted by molar-refractivity contribution is 4.90. The first-order chi connectivity index (χ1) is 6.18. The lowest BCUT2D eigenvalue weighted by Gasteiger charge is -2.29. The molecule has 1 fully saturated rings. The van der Waals surface area contributed by atoms with Gasteiger partial charge in [0.1, 0.15) is 0 Å². The molecule has 0 saturated carbocycles. The zero-order valence-corrected chi connectivity index (χ0v) is 8.97. The third-order valence-corrected chi connectivity index (χ3v) is 2.58. The monoisotopic (exact) mass is 182 g/mol. The highest BCUT2D eigenvalue weighted by Crippen LogP contribution is 2.13. The number of likely N-dealkylation sites (tertiary alicyclic amines) is 1. The fourth-order valence-electron chi connectivity index (χ4n) is 1.93. The average Bonchev–Trinajstić information content (AvgIpc) is 2.03. The summed E-state index contributed by atoms with van der Waals surface area (Å²) < 4.78 is 0. The van der Waals surface area contributed by atoms with Gasteiger partial charge in [0.15, 0.2) is 0 Å². The van der Waals surface area contributed by atoms with Gasteiger partial charge in [0.2, 0.25) is 0 Å². The molecule has 1 aliphatic rings. The second-order valence-corrected chi connectivity index (χ2v) is 4.36. The summed E-state index contributed by atoms with van der Waals surface area (Å²) in [6.45, 7) is 10.6. The van der Waals surface area contributed by atoms with Crippen LogP contribution in [-0.2, 0) is 0 Å². The fraction of sp³-hybridized carbons (Fsp3) is 0.818. The van der Waals surface area contributed by atoms with Crippen molar-refractivity contribution in [3.05, 3.63) is 12.2 Å². The van der Waals surface area contributed by atoms with E-state index in [1.54, 1.807) is 0 Å². The lowest BCUT2D eigenvalue weighted by Crippen LogP contribution is -2.37. The first-order valence-corrected chi connectivity index (χ1v) is 5.22. The smallest absolute Gasteiger partial charge is 0.0159 e. The van der Waals surface area contributed by atoms with Crippen LogP contribution in [0.4, 0.5) is 0 Å². The van der Waals surface area contributed by atoms with Crippen molar-refractivity contribution in [2.45, 2.75) is 19.8 Å². The van der Waals surface area contributed by atoms with E-state index in [0.717, 1.165) is 19.0 Å². The van der Waals surface area contributed by atoms with Crippen LogP contribution >= 0.6 is 0 Å². The molecule has 2 nitrogen and oxygen atoms in total. The molecule has 2 heteroatoms. The molecule has 0 aliphatic carbocycles. The molecule has 76 valence electrons. The van der Waals surface area contributed by atoms with Gasteiger partial charge >= 0.3 is 0 Å². The Balaban J connectivity index is 2.10. The van der Waals surface area contributed by atoms with Crippen LogP contribution in [0.25, 0.3) is 0 Å². The van der Waals surface area contributed by atoms with Gasteiger partial charge < -0.3 is 10.2 Å². The van der Waals surface area contributed by atoms with E-state index < -0.39 is 0 Å². The minimum absolute atomic E-state index is 0.845. The Bertz CT molecular complexity index is 165. The normalized spacial score (nSPS) is 24.6. The third-order valence-electron chi connectivity index (χ3n) is 2.58. The van der Waals surface area contributed by atoms with Gasteiger partial charge in [-0.3, -0.25) is 0 Å². The van der Waals surface area contributed by atoms with Gasteiger partial charge in [0.25, 0.3) is 0 Å². The zero-order valence-electron chi connectivity index (χ0n) is 8.97. The SMILES string of the molecule is C=C(C)CNCC1CCCN(C)C1. The highest BCUT2D eigenvalue weighted by Gasteiger charge is 2.15. The van der Waals surface area contributed by atoms with E-state index in [4.69, 9.17) is 0 Å². The molecule has 0 aromatic heterocycles. The maximum Gasteiger partial charge on any atom is 0.0159 e. The number of rotatable bonds is 4. The second kappa shape index (κ2) is 5.40. The number of hydrogen-bond donors (Lipinski definition) is 1. The van der Waals surface area contributed by atoms with Gasteiger partial charge in [0.05, 0.1) is 0 Å². The first-order valence-electron chi connectivity index (χ1n) is 5.22. The van der Waals surface area contributed by atoms with Crippen LogP contribution in [0.2, 0.25) is 0 Å². The van der Waals surface area contributed by atoms with Crippen LogP contribution in [0.1, 0.15) is 19.8 Å². The van der Waals surface area contributed by atoms with E-state index >= 15 is 0 Å². The molecule has 0 aromatic rings. The third kappa shape index (κ3) is 4.44. The van der Waals surface area contributed by atoms with Crippen molar-refractivity contribution >= 4 is 0 Å². The average molecular weight is 182 g/mol. The molecule has 0 spiro atoms. The van der Waals surface area contributed by atoms with E-state index in [-0.39, 0.29) is 0 Å². The quantitative estimate of drug-likeness (QED) is 0.663. The summed E-state index contributed by atoms with van der Waals surface area (Å²) in [6, 6.07) is 0. The van der Waals surface area contributed by atoms with Gasteiger partial charge in [-0.2, -0.15) is 0 Å². The molecule has 1 rings (SSSR count). The maximum absolute atomic E-state index is 3.88. The predicted molar refractivity (Wildman–Crippen MR) is 57.9 cm³/mol. The van der Waals surface area contributed by atoms with E-state index in [0.29, 0.717) is 0 Å². The number of nitrogens with zero attached hydrogens (tertiary/aromatic N) is 1. The molecule has 1 aliphatic heterocycles. The Kier molecular flexibility index (Phi) is 4.46. The molecular formula is C11H22N2. The first kappa shape index (κ1) is 10.7. The summed E-state index contributed by atoms with van der Waals surface area (Å²) in [4.78, 5) is 2.43. The molecular weight excluding hydrogens is 160 g/mol.